The van der Waals surface area contributed by atoms with Crippen LogP contribution in [0.15, 0.2) is 47.9 Å². The van der Waals surface area contributed by atoms with E-state index < -0.39 is 5.60 Å². The molecule has 0 aliphatic heterocycles. The van der Waals surface area contributed by atoms with Crippen LogP contribution in [0.2, 0.25) is 0 Å². The first kappa shape index (κ1) is 18.8. The SMILES string of the molecule is C=CCCCN(Sc1ccccc1)[C@@H](C)C(=O)OC(C)(C)C. The molecule has 122 valence electrons. The number of hydrogen-bond acceptors (Lipinski definition) is 4. The van der Waals surface area contributed by atoms with Gasteiger partial charge in [0.1, 0.15) is 11.6 Å². The van der Waals surface area contributed by atoms with Gasteiger partial charge in [0.2, 0.25) is 0 Å². The van der Waals surface area contributed by atoms with Crippen LogP contribution in [0, 0.1) is 0 Å². The number of allylic oxidation sites excluding steroid dienone is 1. The molecular weight excluding hydrogens is 294 g/mol. The number of benzene rings is 1. The summed E-state index contributed by atoms with van der Waals surface area (Å²) in [5.74, 6) is -0.186. The summed E-state index contributed by atoms with van der Waals surface area (Å²) in [4.78, 5) is 13.4. The van der Waals surface area contributed by atoms with Gasteiger partial charge in [-0.1, -0.05) is 24.3 Å². The second-order valence-corrected chi connectivity index (χ2v) is 7.31. The van der Waals surface area contributed by atoms with Crippen LogP contribution < -0.4 is 0 Å². The van der Waals surface area contributed by atoms with E-state index in [0.29, 0.717) is 0 Å². The number of ether oxygens (including phenoxy) is 1. The molecule has 0 amide bonds. The van der Waals surface area contributed by atoms with Crippen molar-refractivity contribution in [3.63, 3.8) is 0 Å². The maximum absolute atomic E-state index is 12.3. The van der Waals surface area contributed by atoms with Crippen molar-refractivity contribution in [3.8, 4) is 0 Å². The van der Waals surface area contributed by atoms with Gasteiger partial charge in [-0.05, 0) is 64.6 Å². The predicted octanol–water partition coefficient (Wildman–Crippen LogP) is 4.69. The summed E-state index contributed by atoms with van der Waals surface area (Å²) in [5.41, 5.74) is -0.463. The monoisotopic (exact) mass is 321 g/mol. The van der Waals surface area contributed by atoms with E-state index in [0.717, 1.165) is 24.3 Å². The third-order valence-electron chi connectivity index (χ3n) is 2.93. The van der Waals surface area contributed by atoms with Crippen LogP contribution in [-0.2, 0) is 9.53 Å². The highest BCUT2D eigenvalue weighted by molar-refractivity contribution is 7.97. The van der Waals surface area contributed by atoms with Crippen molar-refractivity contribution >= 4 is 17.9 Å². The lowest BCUT2D eigenvalue weighted by Gasteiger charge is -2.29. The maximum Gasteiger partial charge on any atom is 0.324 e. The minimum absolute atomic E-state index is 0.186. The number of nitrogens with zero attached hydrogens (tertiary/aromatic N) is 1. The highest BCUT2D eigenvalue weighted by Gasteiger charge is 2.27. The molecule has 1 aromatic rings. The van der Waals surface area contributed by atoms with Crippen LogP contribution in [0.1, 0.15) is 40.5 Å². The van der Waals surface area contributed by atoms with Crippen LogP contribution in [0.5, 0.6) is 0 Å². The minimum Gasteiger partial charge on any atom is -0.459 e. The van der Waals surface area contributed by atoms with Gasteiger partial charge in [0.25, 0.3) is 0 Å². The molecule has 0 heterocycles. The zero-order valence-corrected chi connectivity index (χ0v) is 14.9. The Morgan fingerprint density at radius 1 is 1.36 bits per heavy atom. The van der Waals surface area contributed by atoms with Gasteiger partial charge < -0.3 is 4.74 Å². The fraction of sp³-hybridized carbons (Fsp3) is 0.500. The predicted molar refractivity (Wildman–Crippen MR) is 93.7 cm³/mol. The molecule has 0 spiro atoms. The third kappa shape index (κ3) is 7.14. The second kappa shape index (κ2) is 9.01. The number of carbonyl (C=O) groups is 1. The van der Waals surface area contributed by atoms with Crippen molar-refractivity contribution in [1.29, 1.82) is 0 Å². The van der Waals surface area contributed by atoms with Crippen LogP contribution in [0.3, 0.4) is 0 Å². The normalized spacial score (nSPS) is 13.0. The van der Waals surface area contributed by atoms with E-state index in [2.05, 4.69) is 10.9 Å². The summed E-state index contributed by atoms with van der Waals surface area (Å²) in [7, 11) is 0. The van der Waals surface area contributed by atoms with E-state index in [-0.39, 0.29) is 12.0 Å². The molecule has 0 fully saturated rings. The Labute approximate surface area is 138 Å². The number of hydrogen-bond donors (Lipinski definition) is 0. The van der Waals surface area contributed by atoms with Gasteiger partial charge in [-0.15, -0.1) is 6.58 Å². The molecule has 1 atom stereocenters. The number of carbonyl (C=O) groups excluding carboxylic acids is 1. The zero-order valence-electron chi connectivity index (χ0n) is 14.0. The molecule has 0 aliphatic carbocycles. The van der Waals surface area contributed by atoms with E-state index in [1.807, 2.05) is 64.1 Å². The average Bonchev–Trinajstić information content (AvgIpc) is 2.45. The van der Waals surface area contributed by atoms with Crippen LogP contribution in [0.25, 0.3) is 0 Å². The molecular formula is C18H27NO2S. The van der Waals surface area contributed by atoms with Crippen LogP contribution >= 0.6 is 11.9 Å². The van der Waals surface area contributed by atoms with Crippen molar-refractivity contribution in [2.75, 3.05) is 6.54 Å². The second-order valence-electron chi connectivity index (χ2n) is 6.19. The first-order valence-electron chi connectivity index (χ1n) is 7.67. The van der Waals surface area contributed by atoms with E-state index in [1.54, 1.807) is 11.9 Å². The summed E-state index contributed by atoms with van der Waals surface area (Å²) in [6.45, 7) is 12.1. The van der Waals surface area contributed by atoms with Gasteiger partial charge in [-0.2, -0.15) is 0 Å². The fourth-order valence-corrected chi connectivity index (χ4v) is 2.85. The molecule has 0 aromatic heterocycles. The molecule has 0 unspecified atom stereocenters. The number of rotatable bonds is 8. The molecule has 0 saturated carbocycles. The highest BCUT2D eigenvalue weighted by Crippen LogP contribution is 2.26. The first-order valence-corrected chi connectivity index (χ1v) is 8.44. The zero-order chi connectivity index (χ0) is 16.6. The average molecular weight is 321 g/mol. The molecule has 0 N–H and O–H groups in total. The Kier molecular flexibility index (Phi) is 7.69. The van der Waals surface area contributed by atoms with E-state index in [9.17, 15) is 4.79 Å². The molecule has 0 bridgehead atoms. The quantitative estimate of drug-likeness (QED) is 0.301. The number of esters is 1. The lowest BCUT2D eigenvalue weighted by molar-refractivity contribution is -0.158. The molecule has 1 rings (SSSR count). The molecule has 1 aromatic carbocycles. The first-order chi connectivity index (χ1) is 10.3. The summed E-state index contributed by atoms with van der Waals surface area (Å²) < 4.78 is 7.60. The lowest BCUT2D eigenvalue weighted by atomic mass is 10.2. The minimum atomic E-state index is -0.463. The van der Waals surface area contributed by atoms with Crippen molar-refractivity contribution in [2.24, 2.45) is 0 Å². The molecule has 3 nitrogen and oxygen atoms in total. The smallest absolute Gasteiger partial charge is 0.324 e. The van der Waals surface area contributed by atoms with Gasteiger partial charge in [-0.3, -0.25) is 4.79 Å². The Balaban J connectivity index is 2.75. The maximum atomic E-state index is 12.3. The Morgan fingerprint density at radius 3 is 2.55 bits per heavy atom. The molecule has 22 heavy (non-hydrogen) atoms. The van der Waals surface area contributed by atoms with Crippen molar-refractivity contribution in [2.45, 2.75) is 57.1 Å². The lowest BCUT2D eigenvalue weighted by Crippen LogP contribution is -2.39. The van der Waals surface area contributed by atoms with Gasteiger partial charge in [0.05, 0.1) is 0 Å². The molecule has 0 radical (unpaired) electrons. The van der Waals surface area contributed by atoms with Crippen molar-refractivity contribution in [3.05, 3.63) is 43.0 Å². The van der Waals surface area contributed by atoms with Gasteiger partial charge in [-0.25, -0.2) is 4.31 Å². The summed E-state index contributed by atoms with van der Waals surface area (Å²) in [6, 6.07) is 9.79. The Hall–Kier alpha value is -1.26. The summed E-state index contributed by atoms with van der Waals surface area (Å²) in [5, 5.41) is 0. The standard InChI is InChI=1S/C18H27NO2S/c1-6-7-11-14-19(22-16-12-9-8-10-13-16)15(2)17(20)21-18(3,4)5/h6,8-10,12-13,15H,1,7,11,14H2,2-5H3/t15-/m0/s1. The largest absolute Gasteiger partial charge is 0.459 e. The van der Waals surface area contributed by atoms with E-state index >= 15 is 0 Å². The summed E-state index contributed by atoms with van der Waals surface area (Å²) >= 11 is 1.60. The van der Waals surface area contributed by atoms with Gasteiger partial charge >= 0.3 is 5.97 Å². The molecule has 0 aliphatic rings. The van der Waals surface area contributed by atoms with E-state index in [4.69, 9.17) is 4.74 Å². The van der Waals surface area contributed by atoms with Crippen LogP contribution in [-0.4, -0.2) is 28.5 Å². The Morgan fingerprint density at radius 2 is 2.00 bits per heavy atom. The summed E-state index contributed by atoms with van der Waals surface area (Å²) in [6.07, 6.45) is 3.81. The van der Waals surface area contributed by atoms with Gasteiger partial charge in [0.15, 0.2) is 0 Å². The molecule has 0 saturated heterocycles. The van der Waals surface area contributed by atoms with E-state index in [1.165, 1.54) is 0 Å². The van der Waals surface area contributed by atoms with Crippen molar-refractivity contribution < 1.29 is 9.53 Å². The third-order valence-corrected chi connectivity index (χ3v) is 4.15. The molecule has 4 heteroatoms. The Bertz CT molecular complexity index is 468. The van der Waals surface area contributed by atoms with Gasteiger partial charge in [0, 0.05) is 11.4 Å². The van der Waals surface area contributed by atoms with Crippen LogP contribution in [0.4, 0.5) is 0 Å². The topological polar surface area (TPSA) is 29.5 Å². The fourth-order valence-electron chi connectivity index (χ4n) is 1.83. The van der Waals surface area contributed by atoms with Crippen molar-refractivity contribution in [1.82, 2.24) is 4.31 Å². The highest BCUT2D eigenvalue weighted by atomic mass is 32.2. The number of unbranched alkanes of at least 4 members (excludes halogenated alkanes) is 1.